The minimum atomic E-state index is -0.247. The Bertz CT molecular complexity index is 1090. The molecule has 0 aliphatic carbocycles. The van der Waals surface area contributed by atoms with Gasteiger partial charge in [-0.2, -0.15) is 0 Å². The standard InChI is InChI=1S/C25H32N4O2/c1-25(2,3)28(17-19-9-5-4-6-10-19)23(30)18-27-15-13-20(14-16-27)29-22-12-8-7-11-21(22)26-24(29)31/h4-12,20H,13-18H2,1-3H3,(H,26,31). The zero-order valence-electron chi connectivity index (χ0n) is 18.7. The van der Waals surface area contributed by atoms with Gasteiger partial charge >= 0.3 is 5.69 Å². The molecule has 1 N–H and O–H groups in total. The molecule has 1 saturated heterocycles. The van der Waals surface area contributed by atoms with Crippen molar-refractivity contribution < 1.29 is 4.79 Å². The quantitative estimate of drug-likeness (QED) is 0.683. The molecule has 2 heterocycles. The molecule has 31 heavy (non-hydrogen) atoms. The molecule has 1 aliphatic rings. The molecule has 4 rings (SSSR count). The van der Waals surface area contributed by atoms with Gasteiger partial charge in [-0.1, -0.05) is 42.5 Å². The van der Waals surface area contributed by atoms with Crippen LogP contribution in [-0.2, 0) is 11.3 Å². The molecule has 0 saturated carbocycles. The molecule has 0 spiro atoms. The molecule has 6 heteroatoms. The molecule has 1 fully saturated rings. The first kappa shape index (κ1) is 21.4. The number of piperidine rings is 1. The summed E-state index contributed by atoms with van der Waals surface area (Å²) in [5.41, 5.74) is 2.69. The van der Waals surface area contributed by atoms with Gasteiger partial charge in [-0.3, -0.25) is 14.3 Å². The number of H-pyrrole nitrogens is 1. The summed E-state index contributed by atoms with van der Waals surface area (Å²) < 4.78 is 1.89. The van der Waals surface area contributed by atoms with Crippen molar-refractivity contribution in [2.45, 2.75) is 51.7 Å². The second kappa shape index (κ2) is 8.71. The number of fused-ring (bicyclic) bond motifs is 1. The van der Waals surface area contributed by atoms with Crippen LogP contribution < -0.4 is 5.69 Å². The third-order valence-electron chi connectivity index (χ3n) is 6.20. The van der Waals surface area contributed by atoms with Gasteiger partial charge in [-0.25, -0.2) is 4.79 Å². The SMILES string of the molecule is CC(C)(C)N(Cc1ccccc1)C(=O)CN1CCC(n2c(=O)[nH]c3ccccc32)CC1. The molecule has 164 valence electrons. The molecule has 0 bridgehead atoms. The van der Waals surface area contributed by atoms with Gasteiger partial charge in [0.25, 0.3) is 0 Å². The van der Waals surface area contributed by atoms with Crippen LogP contribution in [0, 0.1) is 0 Å². The first-order valence-corrected chi connectivity index (χ1v) is 11.1. The average molecular weight is 421 g/mol. The molecular weight excluding hydrogens is 388 g/mol. The number of nitrogens with one attached hydrogen (secondary N) is 1. The Balaban J connectivity index is 1.41. The van der Waals surface area contributed by atoms with E-state index >= 15 is 0 Å². The number of hydrogen-bond donors (Lipinski definition) is 1. The van der Waals surface area contributed by atoms with Crippen molar-refractivity contribution in [2.75, 3.05) is 19.6 Å². The molecule has 0 atom stereocenters. The maximum absolute atomic E-state index is 13.2. The Morgan fingerprint density at radius 1 is 1.03 bits per heavy atom. The minimum Gasteiger partial charge on any atom is -0.332 e. The number of amides is 1. The van der Waals surface area contributed by atoms with Crippen molar-refractivity contribution in [3.05, 3.63) is 70.6 Å². The largest absolute Gasteiger partial charge is 0.332 e. The highest BCUT2D eigenvalue weighted by Gasteiger charge is 2.30. The van der Waals surface area contributed by atoms with E-state index in [1.165, 1.54) is 0 Å². The number of rotatable bonds is 5. The van der Waals surface area contributed by atoms with E-state index in [1.54, 1.807) is 0 Å². The van der Waals surface area contributed by atoms with Gasteiger partial charge in [0, 0.05) is 31.2 Å². The summed E-state index contributed by atoms with van der Waals surface area (Å²) in [7, 11) is 0. The molecule has 0 radical (unpaired) electrons. The normalized spacial score (nSPS) is 16.0. The lowest BCUT2D eigenvalue weighted by Crippen LogP contribution is -2.50. The Labute approximate surface area is 183 Å². The number of hydrogen-bond acceptors (Lipinski definition) is 3. The first-order chi connectivity index (χ1) is 14.8. The predicted octanol–water partition coefficient (Wildman–Crippen LogP) is 3.79. The van der Waals surface area contributed by atoms with Gasteiger partial charge in [-0.15, -0.1) is 0 Å². The molecule has 2 aromatic carbocycles. The number of benzene rings is 2. The lowest BCUT2D eigenvalue weighted by Gasteiger charge is -2.39. The Hall–Kier alpha value is -2.86. The van der Waals surface area contributed by atoms with Crippen LogP contribution in [0.1, 0.15) is 45.2 Å². The summed E-state index contributed by atoms with van der Waals surface area (Å²) in [5.74, 6) is 0.152. The highest BCUT2D eigenvalue weighted by Crippen LogP contribution is 2.25. The van der Waals surface area contributed by atoms with E-state index < -0.39 is 0 Å². The van der Waals surface area contributed by atoms with Gasteiger partial charge in [0.1, 0.15) is 0 Å². The molecule has 6 nitrogen and oxygen atoms in total. The number of carbonyl (C=O) groups is 1. The van der Waals surface area contributed by atoms with Crippen LogP contribution in [0.3, 0.4) is 0 Å². The fourth-order valence-electron chi connectivity index (χ4n) is 4.51. The van der Waals surface area contributed by atoms with Crippen LogP contribution in [0.5, 0.6) is 0 Å². The van der Waals surface area contributed by atoms with Gasteiger partial charge in [0.05, 0.1) is 17.6 Å². The average Bonchev–Trinajstić information content (AvgIpc) is 3.08. The van der Waals surface area contributed by atoms with E-state index in [-0.39, 0.29) is 23.2 Å². The second-order valence-corrected chi connectivity index (χ2v) is 9.46. The second-order valence-electron chi connectivity index (χ2n) is 9.46. The van der Waals surface area contributed by atoms with Crippen LogP contribution in [0.15, 0.2) is 59.4 Å². The van der Waals surface area contributed by atoms with Gasteiger partial charge in [0.15, 0.2) is 0 Å². The van der Waals surface area contributed by atoms with Crippen LogP contribution in [0.25, 0.3) is 11.0 Å². The van der Waals surface area contributed by atoms with Crippen LogP contribution in [0.2, 0.25) is 0 Å². The molecule has 1 amide bonds. The molecule has 1 aromatic heterocycles. The fourth-order valence-corrected chi connectivity index (χ4v) is 4.51. The zero-order chi connectivity index (χ0) is 22.0. The lowest BCUT2D eigenvalue weighted by molar-refractivity contribution is -0.138. The van der Waals surface area contributed by atoms with Crippen molar-refractivity contribution in [2.24, 2.45) is 0 Å². The highest BCUT2D eigenvalue weighted by molar-refractivity contribution is 5.79. The maximum atomic E-state index is 13.2. The summed E-state index contributed by atoms with van der Waals surface area (Å²) >= 11 is 0. The van der Waals surface area contributed by atoms with E-state index in [0.717, 1.165) is 42.5 Å². The number of aromatic amines is 1. The predicted molar refractivity (Wildman–Crippen MR) is 124 cm³/mol. The zero-order valence-corrected chi connectivity index (χ0v) is 18.7. The van der Waals surface area contributed by atoms with Crippen molar-refractivity contribution in [1.82, 2.24) is 19.4 Å². The summed E-state index contributed by atoms with van der Waals surface area (Å²) in [6.45, 7) is 8.91. The molecule has 3 aromatic rings. The van der Waals surface area contributed by atoms with E-state index in [1.807, 2.05) is 51.9 Å². The lowest BCUT2D eigenvalue weighted by atomic mass is 10.0. The number of aromatic nitrogens is 2. The summed E-state index contributed by atoms with van der Waals surface area (Å²) in [4.78, 5) is 32.9. The summed E-state index contributed by atoms with van der Waals surface area (Å²) in [6.07, 6.45) is 1.73. The maximum Gasteiger partial charge on any atom is 0.326 e. The first-order valence-electron chi connectivity index (χ1n) is 11.1. The topological polar surface area (TPSA) is 61.3 Å². The van der Waals surface area contributed by atoms with E-state index in [0.29, 0.717) is 13.1 Å². The van der Waals surface area contributed by atoms with Gasteiger partial charge in [0.2, 0.25) is 5.91 Å². The summed E-state index contributed by atoms with van der Waals surface area (Å²) in [6, 6.07) is 18.2. The Kier molecular flexibility index (Phi) is 6.01. The van der Waals surface area contributed by atoms with E-state index in [9.17, 15) is 9.59 Å². The highest BCUT2D eigenvalue weighted by atomic mass is 16.2. The number of para-hydroxylation sites is 2. The smallest absolute Gasteiger partial charge is 0.326 e. The van der Waals surface area contributed by atoms with Crippen molar-refractivity contribution in [3.8, 4) is 0 Å². The van der Waals surface area contributed by atoms with Crippen LogP contribution in [0.4, 0.5) is 0 Å². The third kappa shape index (κ3) is 4.74. The molecule has 0 unspecified atom stereocenters. The van der Waals surface area contributed by atoms with Crippen molar-refractivity contribution in [1.29, 1.82) is 0 Å². The van der Waals surface area contributed by atoms with E-state index in [4.69, 9.17) is 0 Å². The molecule has 1 aliphatic heterocycles. The number of carbonyl (C=O) groups excluding carboxylic acids is 1. The van der Waals surface area contributed by atoms with Crippen LogP contribution >= 0.6 is 0 Å². The fraction of sp³-hybridized carbons (Fsp3) is 0.440. The van der Waals surface area contributed by atoms with Crippen molar-refractivity contribution in [3.63, 3.8) is 0 Å². The van der Waals surface area contributed by atoms with E-state index in [2.05, 4.69) is 42.8 Å². The van der Waals surface area contributed by atoms with Gasteiger partial charge < -0.3 is 9.88 Å². The minimum absolute atomic E-state index is 0.0440. The third-order valence-corrected chi connectivity index (χ3v) is 6.20. The van der Waals surface area contributed by atoms with Crippen LogP contribution in [-0.4, -0.2) is 50.4 Å². The number of imidazole rings is 1. The number of nitrogens with zero attached hydrogens (tertiary/aromatic N) is 3. The Morgan fingerprint density at radius 3 is 2.35 bits per heavy atom. The summed E-state index contributed by atoms with van der Waals surface area (Å²) in [5, 5.41) is 0. The van der Waals surface area contributed by atoms with Crippen molar-refractivity contribution >= 4 is 16.9 Å². The number of likely N-dealkylation sites (tertiary alicyclic amines) is 1. The molecular formula is C25H32N4O2. The van der Waals surface area contributed by atoms with Gasteiger partial charge in [-0.05, 0) is 51.3 Å². The Morgan fingerprint density at radius 2 is 1.68 bits per heavy atom. The monoisotopic (exact) mass is 420 g/mol.